The lowest BCUT2D eigenvalue weighted by atomic mass is 10.2. The van der Waals surface area contributed by atoms with Crippen LogP contribution in [0.4, 0.5) is 17.1 Å². The van der Waals surface area contributed by atoms with Crippen molar-refractivity contribution in [2.24, 2.45) is 0 Å². The Balaban J connectivity index is 1.58. The molecule has 0 spiro atoms. The van der Waals surface area contributed by atoms with E-state index in [0.29, 0.717) is 26.2 Å². The van der Waals surface area contributed by atoms with Crippen LogP contribution in [0.2, 0.25) is 0 Å². The first-order valence-electron chi connectivity index (χ1n) is 9.38. The van der Waals surface area contributed by atoms with Crippen molar-refractivity contribution < 1.29 is 18.3 Å². The summed E-state index contributed by atoms with van der Waals surface area (Å²) >= 11 is 0. The number of hydrogen-bond acceptors (Lipinski definition) is 8. The van der Waals surface area contributed by atoms with Crippen molar-refractivity contribution in [1.29, 1.82) is 0 Å². The van der Waals surface area contributed by atoms with Gasteiger partial charge in [0.25, 0.3) is 11.4 Å². The topological polar surface area (TPSA) is 127 Å². The van der Waals surface area contributed by atoms with Gasteiger partial charge in [0, 0.05) is 62.2 Å². The third-order valence-corrected chi connectivity index (χ3v) is 7.14. The van der Waals surface area contributed by atoms with Crippen molar-refractivity contribution in [3.05, 3.63) is 68.8 Å². The maximum atomic E-state index is 12.7. The minimum atomic E-state index is -3.57. The van der Waals surface area contributed by atoms with Gasteiger partial charge in [0.1, 0.15) is 0 Å². The Morgan fingerprint density at radius 2 is 1.33 bits per heavy atom. The van der Waals surface area contributed by atoms with E-state index in [2.05, 4.69) is 9.80 Å². The molecule has 0 saturated carbocycles. The van der Waals surface area contributed by atoms with E-state index in [-0.39, 0.29) is 28.1 Å². The predicted octanol–water partition coefficient (Wildman–Crippen LogP) is 2.49. The van der Waals surface area contributed by atoms with Gasteiger partial charge >= 0.3 is 0 Å². The molecule has 1 heterocycles. The van der Waals surface area contributed by atoms with Crippen molar-refractivity contribution in [2.75, 3.05) is 36.8 Å². The van der Waals surface area contributed by atoms with Gasteiger partial charge < -0.3 is 4.90 Å². The highest BCUT2D eigenvalue weighted by atomic mass is 32.2. The van der Waals surface area contributed by atoms with Gasteiger partial charge in [-0.2, -0.15) is 0 Å². The molecule has 0 aliphatic carbocycles. The molecule has 2 aromatic carbocycles. The quantitative estimate of drug-likeness (QED) is 0.480. The van der Waals surface area contributed by atoms with Crippen LogP contribution in [0.25, 0.3) is 0 Å². The molecule has 10 nitrogen and oxygen atoms in total. The second-order valence-corrected chi connectivity index (χ2v) is 9.21. The van der Waals surface area contributed by atoms with Gasteiger partial charge in [-0.1, -0.05) is 0 Å². The molecule has 11 heteroatoms. The summed E-state index contributed by atoms with van der Waals surface area (Å²) in [4.78, 5) is 24.8. The number of anilines is 1. The number of non-ortho nitro benzene ring substituents is 2. The highest BCUT2D eigenvalue weighted by molar-refractivity contribution is 7.91. The van der Waals surface area contributed by atoms with Gasteiger partial charge in [-0.3, -0.25) is 25.1 Å². The van der Waals surface area contributed by atoms with Gasteiger partial charge in [-0.15, -0.1) is 0 Å². The van der Waals surface area contributed by atoms with Crippen LogP contribution in [0.5, 0.6) is 0 Å². The Morgan fingerprint density at radius 1 is 0.867 bits per heavy atom. The number of benzene rings is 2. The van der Waals surface area contributed by atoms with Crippen LogP contribution in [0.15, 0.2) is 53.4 Å². The molecule has 0 bridgehead atoms. The maximum absolute atomic E-state index is 12.7. The minimum Gasteiger partial charge on any atom is -0.369 e. The Hall–Kier alpha value is -3.05. The molecule has 0 amide bonds. The summed E-state index contributed by atoms with van der Waals surface area (Å²) in [6.45, 7) is 4.53. The maximum Gasteiger partial charge on any atom is 0.269 e. The number of rotatable bonds is 7. The second kappa shape index (κ2) is 8.76. The van der Waals surface area contributed by atoms with E-state index in [0.717, 1.165) is 5.69 Å². The fourth-order valence-electron chi connectivity index (χ4n) is 3.50. The molecule has 30 heavy (non-hydrogen) atoms. The summed E-state index contributed by atoms with van der Waals surface area (Å²) in [6.07, 6.45) is 0. The SMILES string of the molecule is CC(CS(=O)(=O)c1ccc([N+](=O)[O-])cc1)N1CCN(c2ccc([N+](=O)[O-])cc2)CC1. The minimum absolute atomic E-state index is 0.0439. The van der Waals surface area contributed by atoms with Crippen molar-refractivity contribution in [3.8, 4) is 0 Å². The lowest BCUT2D eigenvalue weighted by molar-refractivity contribution is -0.385. The molecular weight excluding hydrogens is 412 g/mol. The van der Waals surface area contributed by atoms with E-state index in [1.54, 1.807) is 12.1 Å². The zero-order valence-corrected chi connectivity index (χ0v) is 17.2. The molecule has 160 valence electrons. The molecule has 0 radical (unpaired) electrons. The molecule has 1 saturated heterocycles. The summed E-state index contributed by atoms with van der Waals surface area (Å²) in [7, 11) is -3.57. The zero-order valence-electron chi connectivity index (χ0n) is 16.4. The van der Waals surface area contributed by atoms with E-state index in [4.69, 9.17) is 0 Å². The van der Waals surface area contributed by atoms with Crippen LogP contribution in [0.1, 0.15) is 6.92 Å². The summed E-state index contributed by atoms with van der Waals surface area (Å²) in [6, 6.07) is 11.1. The number of nitrogens with zero attached hydrogens (tertiary/aromatic N) is 4. The first-order chi connectivity index (χ1) is 14.2. The third-order valence-electron chi connectivity index (χ3n) is 5.23. The lowest BCUT2D eigenvalue weighted by Crippen LogP contribution is -2.51. The number of nitro benzene ring substituents is 2. The molecule has 1 atom stereocenters. The second-order valence-electron chi connectivity index (χ2n) is 7.18. The van der Waals surface area contributed by atoms with E-state index < -0.39 is 19.7 Å². The fourth-order valence-corrected chi connectivity index (χ4v) is 5.09. The van der Waals surface area contributed by atoms with Crippen molar-refractivity contribution in [3.63, 3.8) is 0 Å². The zero-order chi connectivity index (χ0) is 21.9. The standard InChI is InChI=1S/C19H22N4O6S/c1-15(14-30(28,29)19-8-6-18(7-9-19)23(26)27)20-10-12-21(13-11-20)16-2-4-17(5-3-16)22(24)25/h2-9,15H,10-14H2,1H3. The first-order valence-corrected chi connectivity index (χ1v) is 11.0. The predicted molar refractivity (Wildman–Crippen MR) is 111 cm³/mol. The molecular formula is C19H22N4O6S. The Morgan fingerprint density at radius 3 is 1.80 bits per heavy atom. The average molecular weight is 434 g/mol. The van der Waals surface area contributed by atoms with Crippen molar-refractivity contribution in [1.82, 2.24) is 4.90 Å². The van der Waals surface area contributed by atoms with Crippen LogP contribution >= 0.6 is 0 Å². The molecule has 1 unspecified atom stereocenters. The Kier molecular flexibility index (Phi) is 6.32. The number of hydrogen-bond donors (Lipinski definition) is 0. The lowest BCUT2D eigenvalue weighted by Gasteiger charge is -2.39. The van der Waals surface area contributed by atoms with Crippen LogP contribution < -0.4 is 4.90 Å². The molecule has 2 aromatic rings. The van der Waals surface area contributed by atoms with E-state index >= 15 is 0 Å². The molecule has 1 aliphatic rings. The van der Waals surface area contributed by atoms with E-state index in [9.17, 15) is 28.6 Å². The van der Waals surface area contributed by atoms with Gasteiger partial charge in [0.2, 0.25) is 0 Å². The van der Waals surface area contributed by atoms with Gasteiger partial charge in [-0.05, 0) is 31.2 Å². The summed E-state index contributed by atoms with van der Waals surface area (Å²) in [5.74, 6) is -0.0810. The average Bonchev–Trinajstić information content (AvgIpc) is 2.73. The van der Waals surface area contributed by atoms with Crippen molar-refractivity contribution >= 4 is 26.9 Å². The van der Waals surface area contributed by atoms with Crippen LogP contribution in [0, 0.1) is 20.2 Å². The number of nitro groups is 2. The van der Waals surface area contributed by atoms with Gasteiger partial charge in [-0.25, -0.2) is 8.42 Å². The number of piperazine rings is 1. The fraction of sp³-hybridized carbons (Fsp3) is 0.368. The number of sulfone groups is 1. The normalized spacial score (nSPS) is 16.2. The van der Waals surface area contributed by atoms with Crippen LogP contribution in [0.3, 0.4) is 0 Å². The molecule has 0 aromatic heterocycles. The summed E-state index contributed by atoms with van der Waals surface area (Å²) in [5.41, 5.74) is 0.790. The monoisotopic (exact) mass is 434 g/mol. The largest absolute Gasteiger partial charge is 0.369 e. The smallest absolute Gasteiger partial charge is 0.269 e. The summed E-state index contributed by atoms with van der Waals surface area (Å²) < 4.78 is 25.4. The van der Waals surface area contributed by atoms with E-state index in [1.165, 1.54) is 36.4 Å². The van der Waals surface area contributed by atoms with E-state index in [1.807, 2.05) is 6.92 Å². The Labute approximate surface area is 173 Å². The highest BCUT2D eigenvalue weighted by Gasteiger charge is 2.26. The molecule has 1 fully saturated rings. The van der Waals surface area contributed by atoms with Gasteiger partial charge in [0.15, 0.2) is 9.84 Å². The van der Waals surface area contributed by atoms with Crippen LogP contribution in [-0.4, -0.2) is 61.1 Å². The third kappa shape index (κ3) is 4.92. The van der Waals surface area contributed by atoms with Crippen molar-refractivity contribution in [2.45, 2.75) is 17.9 Å². The molecule has 1 aliphatic heterocycles. The Bertz CT molecular complexity index is 1020. The molecule has 3 rings (SSSR count). The van der Waals surface area contributed by atoms with Crippen LogP contribution in [-0.2, 0) is 9.84 Å². The van der Waals surface area contributed by atoms with Gasteiger partial charge in [0.05, 0.1) is 20.5 Å². The first kappa shape index (κ1) is 21.7. The highest BCUT2D eigenvalue weighted by Crippen LogP contribution is 2.22. The summed E-state index contributed by atoms with van der Waals surface area (Å²) in [5, 5.41) is 21.5. The molecule has 0 N–H and O–H groups in total.